The second-order valence-electron chi connectivity index (χ2n) is 7.52. The van der Waals surface area contributed by atoms with Crippen LogP contribution in [-0.4, -0.2) is 36.4 Å². The van der Waals surface area contributed by atoms with Crippen LogP contribution >= 0.6 is 0 Å². The largest absolute Gasteiger partial charge is 0.486 e. The van der Waals surface area contributed by atoms with Crippen LogP contribution in [-0.2, 0) is 16.0 Å². The minimum absolute atomic E-state index is 0.219. The summed E-state index contributed by atoms with van der Waals surface area (Å²) < 4.78 is 12.0. The predicted octanol–water partition coefficient (Wildman–Crippen LogP) is 3.65. The van der Waals surface area contributed by atoms with Crippen molar-refractivity contribution in [3.8, 4) is 5.75 Å². The highest BCUT2D eigenvalue weighted by Crippen LogP contribution is 2.28. The Morgan fingerprint density at radius 2 is 1.72 bits per heavy atom. The van der Waals surface area contributed by atoms with E-state index >= 15 is 0 Å². The second kappa shape index (κ2) is 11.6. The van der Waals surface area contributed by atoms with Crippen LogP contribution in [0.1, 0.15) is 37.3 Å². The zero-order valence-electron chi connectivity index (χ0n) is 17.6. The highest BCUT2D eigenvalue weighted by molar-refractivity contribution is 5.75. The first-order valence-electron chi connectivity index (χ1n) is 10.2. The standard InChI is InChI=1S/C23H29NO3.CH4O/c1-16-11-13-18(14-12-16)15-19-7-6-10-21(24)23(25)26-17(2)22(19)27-20-8-4-3-5-9-20;1-2/h3-5,8-9,11-14,17,19,21-22H,6-7,10,15,24H2,1-2H3;2H,1H3/t17?,19?,21-,22-;/m0./s1. The monoisotopic (exact) mass is 399 g/mol. The third-order valence-electron chi connectivity index (χ3n) is 5.26. The van der Waals surface area contributed by atoms with E-state index < -0.39 is 6.04 Å². The topological polar surface area (TPSA) is 81.8 Å². The van der Waals surface area contributed by atoms with Crippen molar-refractivity contribution in [2.24, 2.45) is 11.7 Å². The van der Waals surface area contributed by atoms with Gasteiger partial charge in [-0.2, -0.15) is 0 Å². The average Bonchev–Trinajstić information content (AvgIpc) is 2.78. The van der Waals surface area contributed by atoms with Gasteiger partial charge in [-0.05, 0) is 50.8 Å². The summed E-state index contributed by atoms with van der Waals surface area (Å²) in [6, 6.07) is 17.8. The first-order chi connectivity index (χ1) is 14.0. The van der Waals surface area contributed by atoms with Crippen LogP contribution in [0.5, 0.6) is 5.75 Å². The van der Waals surface area contributed by atoms with E-state index in [0.717, 1.165) is 32.1 Å². The highest BCUT2D eigenvalue weighted by atomic mass is 16.6. The maximum absolute atomic E-state index is 12.2. The molecule has 0 saturated carbocycles. The van der Waals surface area contributed by atoms with E-state index in [0.29, 0.717) is 6.42 Å². The van der Waals surface area contributed by atoms with Crippen LogP contribution < -0.4 is 10.5 Å². The molecule has 1 heterocycles. The number of esters is 1. The molecule has 0 amide bonds. The van der Waals surface area contributed by atoms with Gasteiger partial charge in [0, 0.05) is 13.0 Å². The summed E-state index contributed by atoms with van der Waals surface area (Å²) in [4.78, 5) is 12.2. The molecule has 4 atom stereocenters. The van der Waals surface area contributed by atoms with E-state index in [4.69, 9.17) is 20.3 Å². The fraction of sp³-hybridized carbons (Fsp3) is 0.458. The van der Waals surface area contributed by atoms with Gasteiger partial charge >= 0.3 is 5.97 Å². The van der Waals surface area contributed by atoms with Gasteiger partial charge in [0.25, 0.3) is 0 Å². The molecular weight excluding hydrogens is 366 g/mol. The molecule has 0 aliphatic carbocycles. The van der Waals surface area contributed by atoms with Crippen LogP contribution in [0.3, 0.4) is 0 Å². The Kier molecular flexibility index (Phi) is 9.16. The Bertz CT molecular complexity index is 732. The third-order valence-corrected chi connectivity index (χ3v) is 5.26. The lowest BCUT2D eigenvalue weighted by atomic mass is 9.86. The molecule has 1 aliphatic heterocycles. The molecule has 2 aromatic rings. The first kappa shape index (κ1) is 22.9. The fourth-order valence-electron chi connectivity index (χ4n) is 3.70. The predicted molar refractivity (Wildman–Crippen MR) is 115 cm³/mol. The Morgan fingerprint density at radius 1 is 1.07 bits per heavy atom. The van der Waals surface area contributed by atoms with E-state index in [2.05, 4.69) is 31.2 Å². The van der Waals surface area contributed by atoms with Gasteiger partial charge in [-0.3, -0.25) is 4.79 Å². The maximum atomic E-state index is 12.2. The van der Waals surface area contributed by atoms with Gasteiger partial charge < -0.3 is 20.3 Å². The minimum Gasteiger partial charge on any atom is -0.486 e. The number of rotatable bonds is 4. The van der Waals surface area contributed by atoms with Gasteiger partial charge in [-0.1, -0.05) is 54.4 Å². The zero-order chi connectivity index (χ0) is 21.2. The van der Waals surface area contributed by atoms with Crippen LogP contribution in [0.2, 0.25) is 0 Å². The summed E-state index contributed by atoms with van der Waals surface area (Å²) in [6.45, 7) is 4.00. The average molecular weight is 400 g/mol. The number of hydrogen-bond donors (Lipinski definition) is 2. The van der Waals surface area contributed by atoms with Gasteiger partial charge in [0.15, 0.2) is 0 Å². The van der Waals surface area contributed by atoms with Crippen LogP contribution in [0.25, 0.3) is 0 Å². The van der Waals surface area contributed by atoms with E-state index in [1.165, 1.54) is 11.1 Å². The van der Waals surface area contributed by atoms with Crippen LogP contribution in [0, 0.1) is 12.8 Å². The summed E-state index contributed by atoms with van der Waals surface area (Å²) in [6.07, 6.45) is 2.78. The van der Waals surface area contributed by atoms with E-state index in [9.17, 15) is 4.79 Å². The molecule has 0 radical (unpaired) electrons. The zero-order valence-corrected chi connectivity index (χ0v) is 17.6. The number of aliphatic hydroxyl groups is 1. The molecule has 158 valence electrons. The maximum Gasteiger partial charge on any atom is 0.323 e. The summed E-state index contributed by atoms with van der Waals surface area (Å²) in [5.41, 5.74) is 8.50. The number of aryl methyl sites for hydroxylation is 1. The number of carbonyl (C=O) groups is 1. The molecule has 5 nitrogen and oxygen atoms in total. The van der Waals surface area contributed by atoms with Crippen molar-refractivity contribution in [1.82, 2.24) is 0 Å². The molecular formula is C24H33NO4. The van der Waals surface area contributed by atoms with Gasteiger partial charge in [-0.15, -0.1) is 0 Å². The first-order valence-corrected chi connectivity index (χ1v) is 10.2. The molecule has 29 heavy (non-hydrogen) atoms. The van der Waals surface area contributed by atoms with Crippen molar-refractivity contribution in [3.63, 3.8) is 0 Å². The van der Waals surface area contributed by atoms with E-state index in [-0.39, 0.29) is 24.1 Å². The van der Waals surface area contributed by atoms with Gasteiger partial charge in [0.1, 0.15) is 24.0 Å². The summed E-state index contributed by atoms with van der Waals surface area (Å²) in [7, 11) is 1.00. The van der Waals surface area contributed by atoms with Gasteiger partial charge in [0.05, 0.1) is 0 Å². The molecule has 3 N–H and O–H groups in total. The summed E-state index contributed by atoms with van der Waals surface area (Å²) in [5.74, 6) is 0.698. The number of carbonyl (C=O) groups excluding carboxylic acids is 1. The van der Waals surface area contributed by atoms with Gasteiger partial charge in [0.2, 0.25) is 0 Å². The van der Waals surface area contributed by atoms with E-state index in [1.54, 1.807) is 0 Å². The van der Waals surface area contributed by atoms with Crippen molar-refractivity contribution in [3.05, 3.63) is 65.7 Å². The number of nitrogens with two attached hydrogens (primary N) is 1. The Morgan fingerprint density at radius 3 is 2.38 bits per heavy atom. The molecule has 2 aromatic carbocycles. The summed E-state index contributed by atoms with van der Waals surface area (Å²) in [5, 5.41) is 7.00. The summed E-state index contributed by atoms with van der Waals surface area (Å²) >= 11 is 0. The quantitative estimate of drug-likeness (QED) is 0.767. The number of hydrogen-bond acceptors (Lipinski definition) is 5. The SMILES string of the molecule is CO.Cc1ccc(CC2CCC[C@H](N)C(=O)OC(C)[C@@H]2Oc2ccccc2)cc1. The lowest BCUT2D eigenvalue weighted by Crippen LogP contribution is -2.42. The van der Waals surface area contributed by atoms with Crippen molar-refractivity contribution >= 4 is 5.97 Å². The van der Waals surface area contributed by atoms with E-state index in [1.807, 2.05) is 37.3 Å². The third kappa shape index (κ3) is 6.87. The molecule has 1 aliphatic rings. The molecule has 0 aromatic heterocycles. The van der Waals surface area contributed by atoms with Crippen molar-refractivity contribution in [1.29, 1.82) is 0 Å². The second-order valence-corrected chi connectivity index (χ2v) is 7.52. The normalized spacial score (nSPS) is 24.8. The number of cyclic esters (lactones) is 1. The lowest BCUT2D eigenvalue weighted by molar-refractivity contribution is -0.155. The molecule has 1 fully saturated rings. The highest BCUT2D eigenvalue weighted by Gasteiger charge is 2.34. The molecule has 0 bridgehead atoms. The molecule has 0 spiro atoms. The number of para-hydroxylation sites is 1. The number of ether oxygens (including phenoxy) is 2. The Balaban J connectivity index is 0.00000145. The van der Waals surface area contributed by atoms with Crippen molar-refractivity contribution < 1.29 is 19.4 Å². The molecule has 5 heteroatoms. The number of benzene rings is 2. The Hall–Kier alpha value is -2.37. The molecule has 2 unspecified atom stereocenters. The van der Waals surface area contributed by atoms with Gasteiger partial charge in [-0.25, -0.2) is 0 Å². The fourth-order valence-corrected chi connectivity index (χ4v) is 3.70. The smallest absolute Gasteiger partial charge is 0.323 e. The Labute approximate surface area is 173 Å². The molecule has 3 rings (SSSR count). The van der Waals surface area contributed by atoms with Crippen molar-refractivity contribution in [2.75, 3.05) is 7.11 Å². The number of aliphatic hydroxyl groups excluding tert-OH is 1. The lowest BCUT2D eigenvalue weighted by Gasteiger charge is -2.31. The van der Waals surface area contributed by atoms with Crippen LogP contribution in [0.15, 0.2) is 54.6 Å². The van der Waals surface area contributed by atoms with Crippen molar-refractivity contribution in [2.45, 2.75) is 57.8 Å². The van der Waals surface area contributed by atoms with Crippen LogP contribution in [0.4, 0.5) is 0 Å². The minimum atomic E-state index is -0.553. The molecule has 1 saturated heterocycles.